The van der Waals surface area contributed by atoms with Crippen molar-refractivity contribution < 1.29 is 22.7 Å². The SMILES string of the molecule is O=C(NCc1cccnc1N1CCOCC1)c1cccnc1Nc1cccc(C(F)(F)F)c1. The molecule has 33 heavy (non-hydrogen) atoms. The monoisotopic (exact) mass is 457 g/mol. The van der Waals surface area contributed by atoms with Crippen molar-refractivity contribution in [2.75, 3.05) is 36.5 Å². The Morgan fingerprint density at radius 1 is 1.03 bits per heavy atom. The van der Waals surface area contributed by atoms with Crippen LogP contribution < -0.4 is 15.5 Å². The van der Waals surface area contributed by atoms with E-state index in [9.17, 15) is 18.0 Å². The molecule has 2 aromatic heterocycles. The Bertz CT molecular complexity index is 1120. The molecule has 1 fully saturated rings. The first-order valence-electron chi connectivity index (χ1n) is 10.4. The number of halogens is 3. The number of anilines is 3. The third-order valence-corrected chi connectivity index (χ3v) is 5.12. The summed E-state index contributed by atoms with van der Waals surface area (Å²) in [5.41, 5.74) is 0.455. The summed E-state index contributed by atoms with van der Waals surface area (Å²) in [6, 6.07) is 11.6. The molecule has 0 bridgehead atoms. The summed E-state index contributed by atoms with van der Waals surface area (Å²) in [7, 11) is 0. The lowest BCUT2D eigenvalue weighted by Crippen LogP contribution is -2.37. The number of pyridine rings is 2. The van der Waals surface area contributed by atoms with Crippen LogP contribution in [0.25, 0.3) is 0 Å². The number of benzene rings is 1. The van der Waals surface area contributed by atoms with Gasteiger partial charge in [-0.05, 0) is 36.4 Å². The predicted octanol–water partition coefficient (Wildman–Crippen LogP) is 4.01. The van der Waals surface area contributed by atoms with Gasteiger partial charge in [-0.15, -0.1) is 0 Å². The summed E-state index contributed by atoms with van der Waals surface area (Å²) in [4.78, 5) is 23.6. The highest BCUT2D eigenvalue weighted by molar-refractivity contribution is 5.99. The number of morpholine rings is 1. The molecular formula is C23H22F3N5O2. The van der Waals surface area contributed by atoms with Crippen LogP contribution in [-0.4, -0.2) is 42.2 Å². The number of nitrogens with zero attached hydrogens (tertiary/aromatic N) is 3. The lowest BCUT2D eigenvalue weighted by molar-refractivity contribution is -0.137. The van der Waals surface area contributed by atoms with E-state index in [4.69, 9.17) is 4.74 Å². The molecule has 1 saturated heterocycles. The molecular weight excluding hydrogens is 435 g/mol. The van der Waals surface area contributed by atoms with E-state index in [0.29, 0.717) is 26.3 Å². The highest BCUT2D eigenvalue weighted by atomic mass is 19.4. The van der Waals surface area contributed by atoms with Gasteiger partial charge in [0, 0.05) is 43.3 Å². The molecule has 0 saturated carbocycles. The molecule has 0 unspecified atom stereocenters. The van der Waals surface area contributed by atoms with Crippen LogP contribution in [0.15, 0.2) is 60.9 Å². The molecule has 1 aromatic carbocycles. The van der Waals surface area contributed by atoms with Crippen LogP contribution in [0.4, 0.5) is 30.5 Å². The molecule has 10 heteroatoms. The van der Waals surface area contributed by atoms with Gasteiger partial charge < -0.3 is 20.3 Å². The molecule has 0 aliphatic carbocycles. The average Bonchev–Trinajstić information content (AvgIpc) is 2.83. The minimum absolute atomic E-state index is 0.161. The van der Waals surface area contributed by atoms with E-state index >= 15 is 0 Å². The van der Waals surface area contributed by atoms with Crippen molar-refractivity contribution >= 4 is 23.2 Å². The number of carbonyl (C=O) groups excluding carboxylic acids is 1. The fourth-order valence-electron chi connectivity index (χ4n) is 3.50. The summed E-state index contributed by atoms with van der Waals surface area (Å²) < 4.78 is 44.4. The van der Waals surface area contributed by atoms with Crippen LogP contribution in [0.2, 0.25) is 0 Å². The Labute approximate surface area is 188 Å². The van der Waals surface area contributed by atoms with Crippen LogP contribution >= 0.6 is 0 Å². The van der Waals surface area contributed by atoms with Crippen LogP contribution in [0.5, 0.6) is 0 Å². The normalized spacial score (nSPS) is 14.1. The number of alkyl halides is 3. The van der Waals surface area contributed by atoms with Gasteiger partial charge >= 0.3 is 6.18 Å². The molecule has 0 spiro atoms. The average molecular weight is 457 g/mol. The van der Waals surface area contributed by atoms with Crippen LogP contribution in [-0.2, 0) is 17.5 Å². The van der Waals surface area contributed by atoms with Crippen molar-refractivity contribution in [2.24, 2.45) is 0 Å². The van der Waals surface area contributed by atoms with Gasteiger partial charge in [0.2, 0.25) is 0 Å². The summed E-state index contributed by atoms with van der Waals surface area (Å²) in [5.74, 6) is 0.540. The molecule has 1 aliphatic rings. The fourth-order valence-corrected chi connectivity index (χ4v) is 3.50. The lowest BCUT2D eigenvalue weighted by atomic mass is 10.1. The van der Waals surface area contributed by atoms with Crippen LogP contribution in [0.1, 0.15) is 21.5 Å². The van der Waals surface area contributed by atoms with Gasteiger partial charge in [0.1, 0.15) is 11.6 Å². The van der Waals surface area contributed by atoms with Crippen molar-refractivity contribution in [3.63, 3.8) is 0 Å². The van der Waals surface area contributed by atoms with Gasteiger partial charge in [-0.3, -0.25) is 4.79 Å². The fraction of sp³-hybridized carbons (Fsp3) is 0.261. The van der Waals surface area contributed by atoms with E-state index in [0.717, 1.165) is 23.5 Å². The molecule has 3 heterocycles. The zero-order valence-electron chi connectivity index (χ0n) is 17.6. The number of aromatic nitrogens is 2. The second-order valence-corrected chi connectivity index (χ2v) is 7.37. The van der Waals surface area contributed by atoms with E-state index in [1.807, 2.05) is 6.07 Å². The van der Waals surface area contributed by atoms with Gasteiger partial charge in [-0.2, -0.15) is 13.2 Å². The zero-order valence-corrected chi connectivity index (χ0v) is 17.6. The molecule has 1 aliphatic heterocycles. The van der Waals surface area contributed by atoms with Crippen molar-refractivity contribution in [2.45, 2.75) is 12.7 Å². The molecule has 1 amide bonds. The first kappa shape index (κ1) is 22.5. The summed E-state index contributed by atoms with van der Waals surface area (Å²) in [6.45, 7) is 2.89. The molecule has 0 radical (unpaired) electrons. The Hall–Kier alpha value is -3.66. The summed E-state index contributed by atoms with van der Waals surface area (Å²) in [6.07, 6.45) is -1.30. The number of rotatable bonds is 6. The molecule has 2 N–H and O–H groups in total. The number of amides is 1. The van der Waals surface area contributed by atoms with E-state index in [1.165, 1.54) is 18.3 Å². The number of carbonyl (C=O) groups is 1. The molecule has 172 valence electrons. The van der Waals surface area contributed by atoms with Gasteiger partial charge in [0.05, 0.1) is 24.3 Å². The maximum absolute atomic E-state index is 13.0. The molecule has 7 nitrogen and oxygen atoms in total. The second kappa shape index (κ2) is 9.86. The summed E-state index contributed by atoms with van der Waals surface area (Å²) in [5, 5.41) is 5.68. The van der Waals surface area contributed by atoms with Crippen molar-refractivity contribution in [1.29, 1.82) is 0 Å². The highest BCUT2D eigenvalue weighted by Crippen LogP contribution is 2.31. The third-order valence-electron chi connectivity index (χ3n) is 5.12. The molecule has 3 aromatic rings. The van der Waals surface area contributed by atoms with E-state index in [2.05, 4.69) is 25.5 Å². The Morgan fingerprint density at radius 2 is 1.79 bits per heavy atom. The van der Waals surface area contributed by atoms with Crippen molar-refractivity contribution in [1.82, 2.24) is 15.3 Å². The largest absolute Gasteiger partial charge is 0.416 e. The highest BCUT2D eigenvalue weighted by Gasteiger charge is 2.30. The smallest absolute Gasteiger partial charge is 0.378 e. The van der Waals surface area contributed by atoms with Crippen LogP contribution in [0.3, 0.4) is 0 Å². The quantitative estimate of drug-likeness (QED) is 0.583. The first-order valence-corrected chi connectivity index (χ1v) is 10.4. The lowest BCUT2D eigenvalue weighted by Gasteiger charge is -2.29. The van der Waals surface area contributed by atoms with Gasteiger partial charge in [0.25, 0.3) is 5.91 Å². The Balaban J connectivity index is 1.49. The van der Waals surface area contributed by atoms with E-state index < -0.39 is 17.6 Å². The Morgan fingerprint density at radius 3 is 2.58 bits per heavy atom. The third kappa shape index (κ3) is 5.58. The van der Waals surface area contributed by atoms with E-state index in [1.54, 1.807) is 24.4 Å². The predicted molar refractivity (Wildman–Crippen MR) is 117 cm³/mol. The van der Waals surface area contributed by atoms with Crippen molar-refractivity contribution in [3.8, 4) is 0 Å². The topological polar surface area (TPSA) is 79.4 Å². The first-order chi connectivity index (χ1) is 15.9. The van der Waals surface area contributed by atoms with Crippen molar-refractivity contribution in [3.05, 3.63) is 77.6 Å². The standard InChI is InChI=1S/C23H22F3N5O2/c24-23(25,26)17-5-1-6-18(14-17)30-20-19(7-3-8-27-20)22(32)29-15-16-4-2-9-28-21(16)31-10-12-33-13-11-31/h1-9,14H,10-13,15H2,(H,27,30)(H,29,32). The molecule has 0 atom stereocenters. The maximum atomic E-state index is 13.0. The number of hydrogen-bond acceptors (Lipinski definition) is 6. The number of ether oxygens (including phenoxy) is 1. The zero-order chi connectivity index (χ0) is 23.3. The van der Waals surface area contributed by atoms with Gasteiger partial charge in [0.15, 0.2) is 0 Å². The Kier molecular flexibility index (Phi) is 6.74. The minimum Gasteiger partial charge on any atom is -0.378 e. The number of nitrogens with one attached hydrogen (secondary N) is 2. The van der Waals surface area contributed by atoms with Gasteiger partial charge in [-0.25, -0.2) is 9.97 Å². The van der Waals surface area contributed by atoms with E-state index in [-0.39, 0.29) is 23.6 Å². The molecule has 4 rings (SSSR count). The summed E-state index contributed by atoms with van der Waals surface area (Å²) >= 11 is 0. The number of hydrogen-bond donors (Lipinski definition) is 2. The minimum atomic E-state index is -4.47. The maximum Gasteiger partial charge on any atom is 0.416 e. The van der Waals surface area contributed by atoms with Crippen LogP contribution in [0, 0.1) is 0 Å². The van der Waals surface area contributed by atoms with Gasteiger partial charge in [-0.1, -0.05) is 12.1 Å². The second-order valence-electron chi connectivity index (χ2n) is 7.37.